The van der Waals surface area contributed by atoms with Crippen molar-refractivity contribution >= 4 is 46.9 Å². The lowest BCUT2D eigenvalue weighted by Gasteiger charge is -2.26. The summed E-state index contributed by atoms with van der Waals surface area (Å²) < 4.78 is 0. The molecule has 0 aromatic heterocycles. The van der Waals surface area contributed by atoms with Gasteiger partial charge in [0.05, 0.1) is 12.2 Å². The molecule has 3 rings (SSSR count). The first-order valence-electron chi connectivity index (χ1n) is 21.4. The average molecular weight is 847 g/mol. The molecular formula is C45H62N6O10. The van der Waals surface area contributed by atoms with Crippen molar-refractivity contribution in [3.05, 3.63) is 65.2 Å². The Morgan fingerprint density at radius 2 is 1.05 bits per heavy atom. The van der Waals surface area contributed by atoms with Crippen LogP contribution < -0.4 is 15.5 Å². The molecule has 1 heterocycles. The van der Waals surface area contributed by atoms with Crippen LogP contribution in [0.4, 0.5) is 5.69 Å². The number of Topliss-reactive ketones (excluding diaryl/α,β-unsaturated/α-hetero) is 1. The molecule has 0 spiro atoms. The number of hydrogen-bond acceptors (Lipinski definition) is 10. The van der Waals surface area contributed by atoms with Crippen molar-refractivity contribution in [3.63, 3.8) is 0 Å². The number of amides is 6. The fourth-order valence-electron chi connectivity index (χ4n) is 6.52. The van der Waals surface area contributed by atoms with E-state index in [-0.39, 0.29) is 81.7 Å². The van der Waals surface area contributed by atoms with Crippen LogP contribution in [0, 0.1) is 11.8 Å². The van der Waals surface area contributed by atoms with Crippen LogP contribution in [0.3, 0.4) is 0 Å². The number of hydroxylamine groups is 6. The predicted molar refractivity (Wildman–Crippen MR) is 226 cm³/mol. The fraction of sp³-hybridized carbons (Fsp3) is 0.533. The fourth-order valence-corrected chi connectivity index (χ4v) is 6.52. The highest BCUT2D eigenvalue weighted by atomic mass is 16.5. The Morgan fingerprint density at radius 3 is 1.67 bits per heavy atom. The average Bonchev–Trinajstić information content (AvgIpc) is 3.24. The number of ketones is 1. The summed E-state index contributed by atoms with van der Waals surface area (Å²) in [6.45, 7) is 2.82. The van der Waals surface area contributed by atoms with E-state index in [2.05, 4.69) is 22.5 Å². The first kappa shape index (κ1) is 49.7. The van der Waals surface area contributed by atoms with Crippen LogP contribution >= 0.6 is 0 Å². The molecule has 61 heavy (non-hydrogen) atoms. The summed E-state index contributed by atoms with van der Waals surface area (Å²) >= 11 is 0. The Morgan fingerprint density at radius 1 is 0.557 bits per heavy atom. The van der Waals surface area contributed by atoms with Crippen LogP contribution in [0.2, 0.25) is 0 Å². The number of carbonyl (C=O) groups excluding carboxylic acids is 7. The van der Waals surface area contributed by atoms with Crippen molar-refractivity contribution in [1.82, 2.24) is 25.8 Å². The zero-order valence-corrected chi connectivity index (χ0v) is 35.4. The molecular weight excluding hydrogens is 785 g/mol. The van der Waals surface area contributed by atoms with Crippen molar-refractivity contribution in [2.24, 2.45) is 0 Å². The predicted octanol–water partition coefficient (Wildman–Crippen LogP) is 5.04. The molecule has 0 atom stereocenters. The van der Waals surface area contributed by atoms with Crippen molar-refractivity contribution in [2.45, 2.75) is 123 Å². The molecule has 0 radical (unpaired) electrons. The number of anilines is 1. The Balaban J connectivity index is 1.15. The van der Waals surface area contributed by atoms with Crippen LogP contribution in [-0.2, 0) is 40.1 Å². The second-order valence-corrected chi connectivity index (χ2v) is 15.1. The van der Waals surface area contributed by atoms with Gasteiger partial charge in [0.1, 0.15) is 5.78 Å². The number of para-hydroxylation sites is 1. The maximum Gasteiger partial charge on any atom is 0.246 e. The summed E-state index contributed by atoms with van der Waals surface area (Å²) in [6, 6.07) is 15.2. The van der Waals surface area contributed by atoms with Gasteiger partial charge in [0.25, 0.3) is 0 Å². The third-order valence-corrected chi connectivity index (χ3v) is 10.2. The molecule has 16 heteroatoms. The standard InChI is InChI=1S/C45H62N6O10/c1-35(52)49(59)31-13-3-2-6-19-39(53)23-26-44(57)50(60)32-14-4-12-30-47-42(55)25-28-45(58)51(61)33-15-5-11-29-46-41(54)24-27-43(56)48-34-38-18-8-7-16-36(38)21-22-37-17-9-10-20-40(37)48/h7-10,16-18,20,59-61H,2-6,11-15,19,23-34H2,1H3,(H,46,54)(H,47,55). The monoisotopic (exact) mass is 846 g/mol. The number of benzene rings is 2. The van der Waals surface area contributed by atoms with Gasteiger partial charge in [-0.25, -0.2) is 15.2 Å². The van der Waals surface area contributed by atoms with Gasteiger partial charge < -0.3 is 15.5 Å². The van der Waals surface area contributed by atoms with Gasteiger partial charge in [-0.05, 0) is 75.1 Å². The Kier molecular flexibility index (Phi) is 22.8. The molecule has 332 valence electrons. The van der Waals surface area contributed by atoms with Gasteiger partial charge in [0, 0.05) is 95.7 Å². The molecule has 0 saturated heterocycles. The molecule has 0 saturated carbocycles. The molecule has 0 unspecified atom stereocenters. The van der Waals surface area contributed by atoms with Gasteiger partial charge in [0.15, 0.2) is 0 Å². The minimum atomic E-state index is -0.571. The number of rotatable bonds is 28. The van der Waals surface area contributed by atoms with E-state index in [9.17, 15) is 49.2 Å². The number of carbonyl (C=O) groups is 7. The number of nitrogens with one attached hydrogen (secondary N) is 2. The van der Waals surface area contributed by atoms with Crippen molar-refractivity contribution in [1.29, 1.82) is 0 Å². The highest BCUT2D eigenvalue weighted by Crippen LogP contribution is 2.26. The van der Waals surface area contributed by atoms with E-state index in [1.54, 1.807) is 4.90 Å². The van der Waals surface area contributed by atoms with Crippen LogP contribution in [0.25, 0.3) is 0 Å². The number of unbranched alkanes of at least 4 members (excludes halogenated alkanes) is 7. The van der Waals surface area contributed by atoms with Crippen LogP contribution in [0.15, 0.2) is 48.5 Å². The van der Waals surface area contributed by atoms with Gasteiger partial charge in [0.2, 0.25) is 35.4 Å². The van der Waals surface area contributed by atoms with Gasteiger partial charge in [-0.2, -0.15) is 0 Å². The third kappa shape index (κ3) is 19.5. The smallest absolute Gasteiger partial charge is 0.246 e. The summed E-state index contributed by atoms with van der Waals surface area (Å²) in [5.41, 5.74) is 3.26. The maximum absolute atomic E-state index is 13.3. The Labute approximate surface area is 358 Å². The van der Waals surface area contributed by atoms with E-state index in [0.717, 1.165) is 29.5 Å². The van der Waals surface area contributed by atoms with Crippen molar-refractivity contribution < 1.29 is 49.2 Å². The first-order chi connectivity index (χ1) is 29.3. The molecule has 0 aliphatic carbocycles. The molecule has 2 aromatic carbocycles. The lowest BCUT2D eigenvalue weighted by Crippen LogP contribution is -2.33. The van der Waals surface area contributed by atoms with Crippen molar-refractivity contribution in [3.8, 4) is 11.8 Å². The van der Waals surface area contributed by atoms with E-state index in [0.29, 0.717) is 98.3 Å². The zero-order chi connectivity index (χ0) is 44.4. The zero-order valence-electron chi connectivity index (χ0n) is 35.4. The van der Waals surface area contributed by atoms with E-state index < -0.39 is 17.7 Å². The van der Waals surface area contributed by atoms with Gasteiger partial charge in [-0.1, -0.05) is 55.0 Å². The van der Waals surface area contributed by atoms with Crippen LogP contribution in [0.1, 0.15) is 133 Å². The van der Waals surface area contributed by atoms with Crippen LogP contribution in [-0.4, -0.2) is 105 Å². The quantitative estimate of drug-likeness (QED) is 0.0333. The van der Waals surface area contributed by atoms with E-state index in [1.165, 1.54) is 6.92 Å². The Bertz CT molecular complexity index is 1840. The first-order valence-corrected chi connectivity index (χ1v) is 21.4. The van der Waals surface area contributed by atoms with Gasteiger partial charge in [-0.3, -0.25) is 49.2 Å². The topological polar surface area (TPSA) is 217 Å². The van der Waals surface area contributed by atoms with Gasteiger partial charge >= 0.3 is 0 Å². The number of nitrogens with zero attached hydrogens (tertiary/aromatic N) is 4. The SMILES string of the molecule is CC(=O)N(O)CCCCCCC(=O)CCC(=O)N(O)CCCCCNC(=O)CCC(=O)N(O)CCCCCNC(=O)CCC(=O)N1Cc2ccccc2C#Cc2ccccc21. The molecule has 2 aromatic rings. The highest BCUT2D eigenvalue weighted by molar-refractivity contribution is 5.97. The summed E-state index contributed by atoms with van der Waals surface area (Å²) in [7, 11) is 0. The van der Waals surface area contributed by atoms with E-state index in [4.69, 9.17) is 0 Å². The second-order valence-electron chi connectivity index (χ2n) is 15.1. The Hall–Kier alpha value is -5.63. The molecule has 1 aliphatic rings. The van der Waals surface area contributed by atoms with Crippen molar-refractivity contribution in [2.75, 3.05) is 37.6 Å². The molecule has 16 nitrogen and oxygen atoms in total. The molecule has 5 N–H and O–H groups in total. The highest BCUT2D eigenvalue weighted by Gasteiger charge is 2.22. The summed E-state index contributed by atoms with van der Waals surface area (Å²) in [6.07, 6.45) is 6.40. The molecule has 0 bridgehead atoms. The minimum absolute atomic E-state index is 0.0378. The number of fused-ring (bicyclic) bond motifs is 2. The lowest BCUT2D eigenvalue weighted by atomic mass is 10.0. The summed E-state index contributed by atoms with van der Waals surface area (Å²) in [4.78, 5) is 87.3. The summed E-state index contributed by atoms with van der Waals surface area (Å²) in [5.74, 6) is 4.03. The normalized spacial score (nSPS) is 11.4. The minimum Gasteiger partial charge on any atom is -0.356 e. The molecule has 6 amide bonds. The van der Waals surface area contributed by atoms with E-state index >= 15 is 0 Å². The van der Waals surface area contributed by atoms with Crippen LogP contribution in [0.5, 0.6) is 0 Å². The maximum atomic E-state index is 13.3. The number of hydrogen-bond donors (Lipinski definition) is 5. The third-order valence-electron chi connectivity index (χ3n) is 10.2. The van der Waals surface area contributed by atoms with Gasteiger partial charge in [-0.15, -0.1) is 0 Å². The lowest BCUT2D eigenvalue weighted by molar-refractivity contribution is -0.166. The van der Waals surface area contributed by atoms with E-state index in [1.807, 2.05) is 48.5 Å². The summed E-state index contributed by atoms with van der Waals surface area (Å²) in [5, 5.41) is 36.9. The second kappa shape index (κ2) is 28.0. The largest absolute Gasteiger partial charge is 0.356 e. The molecule has 1 aliphatic heterocycles. The molecule has 0 fully saturated rings.